The number of aromatic nitrogens is 4. The summed E-state index contributed by atoms with van der Waals surface area (Å²) in [5, 5.41) is 16.7. The predicted octanol–water partition coefficient (Wildman–Crippen LogP) is 2.19. The summed E-state index contributed by atoms with van der Waals surface area (Å²) in [7, 11) is 0. The molecular formula is C15H21N5O2. The second kappa shape index (κ2) is 6.55. The molecule has 0 amide bonds. The highest BCUT2D eigenvalue weighted by atomic mass is 16.4. The third-order valence-corrected chi connectivity index (χ3v) is 3.63. The van der Waals surface area contributed by atoms with Gasteiger partial charge in [0.05, 0.1) is 18.1 Å². The van der Waals surface area contributed by atoms with Crippen LogP contribution in [0.15, 0.2) is 18.5 Å². The van der Waals surface area contributed by atoms with Gasteiger partial charge in [0.15, 0.2) is 5.82 Å². The third-order valence-electron chi connectivity index (χ3n) is 3.63. The Bertz CT molecular complexity index is 668. The van der Waals surface area contributed by atoms with Crippen molar-refractivity contribution in [1.82, 2.24) is 19.7 Å². The standard InChI is InChI=1S/C15H21N5O2/c1-5-9(2)14(15(21)22)18-12-7-16-8-13(17-12)20-11(4)6-10(3)19-20/h6-9,14H,5H2,1-4H3,(H,17,18)(H,21,22)/t9-,14-/m0/s1. The highest BCUT2D eigenvalue weighted by Crippen LogP contribution is 2.15. The third kappa shape index (κ3) is 3.41. The molecule has 2 aromatic rings. The van der Waals surface area contributed by atoms with Crippen molar-refractivity contribution < 1.29 is 9.90 Å². The summed E-state index contributed by atoms with van der Waals surface area (Å²) >= 11 is 0. The fourth-order valence-electron chi connectivity index (χ4n) is 2.23. The molecule has 0 aliphatic carbocycles. The van der Waals surface area contributed by atoms with Gasteiger partial charge >= 0.3 is 5.97 Å². The fraction of sp³-hybridized carbons (Fsp3) is 0.467. The van der Waals surface area contributed by atoms with E-state index in [9.17, 15) is 9.90 Å². The number of hydrogen-bond donors (Lipinski definition) is 2. The number of nitrogens with zero attached hydrogens (tertiary/aromatic N) is 4. The second-order valence-corrected chi connectivity index (χ2v) is 5.45. The van der Waals surface area contributed by atoms with E-state index in [2.05, 4.69) is 20.4 Å². The lowest BCUT2D eigenvalue weighted by Gasteiger charge is -2.20. The number of anilines is 1. The van der Waals surface area contributed by atoms with E-state index in [4.69, 9.17) is 0 Å². The van der Waals surface area contributed by atoms with E-state index in [1.54, 1.807) is 10.9 Å². The molecule has 0 unspecified atom stereocenters. The molecule has 2 aromatic heterocycles. The molecule has 118 valence electrons. The molecule has 0 saturated carbocycles. The van der Waals surface area contributed by atoms with E-state index in [0.29, 0.717) is 11.6 Å². The van der Waals surface area contributed by atoms with Crippen molar-refractivity contribution in [1.29, 1.82) is 0 Å². The molecule has 2 heterocycles. The summed E-state index contributed by atoms with van der Waals surface area (Å²) in [5.41, 5.74) is 1.83. The van der Waals surface area contributed by atoms with Crippen molar-refractivity contribution >= 4 is 11.8 Å². The molecule has 0 aliphatic heterocycles. The Balaban J connectivity index is 2.28. The first-order valence-corrected chi connectivity index (χ1v) is 7.27. The van der Waals surface area contributed by atoms with Crippen molar-refractivity contribution in [3.8, 4) is 5.82 Å². The maximum atomic E-state index is 11.4. The van der Waals surface area contributed by atoms with E-state index < -0.39 is 12.0 Å². The van der Waals surface area contributed by atoms with Gasteiger partial charge in [-0.3, -0.25) is 4.98 Å². The Hall–Kier alpha value is -2.44. The highest BCUT2D eigenvalue weighted by molar-refractivity contribution is 5.77. The SMILES string of the molecule is CC[C@H](C)[C@H](Nc1cncc(-n2nc(C)cc2C)n1)C(=O)O. The number of carboxylic acid groups (broad SMARTS) is 1. The Morgan fingerprint density at radius 2 is 2.14 bits per heavy atom. The summed E-state index contributed by atoms with van der Waals surface area (Å²) in [6.45, 7) is 7.69. The van der Waals surface area contributed by atoms with Gasteiger partial charge in [0.1, 0.15) is 11.9 Å². The monoisotopic (exact) mass is 303 g/mol. The van der Waals surface area contributed by atoms with Crippen LogP contribution >= 0.6 is 0 Å². The van der Waals surface area contributed by atoms with E-state index in [1.165, 1.54) is 6.20 Å². The van der Waals surface area contributed by atoms with Gasteiger partial charge in [-0.05, 0) is 25.8 Å². The lowest BCUT2D eigenvalue weighted by atomic mass is 9.99. The van der Waals surface area contributed by atoms with Gasteiger partial charge in [-0.2, -0.15) is 5.10 Å². The lowest BCUT2D eigenvalue weighted by Crippen LogP contribution is -2.35. The average Bonchev–Trinajstić information content (AvgIpc) is 2.82. The minimum atomic E-state index is -0.896. The summed E-state index contributed by atoms with van der Waals surface area (Å²) in [5.74, 6) is 0.0750. The molecule has 0 bridgehead atoms. The number of carbonyl (C=O) groups is 1. The molecule has 0 saturated heterocycles. The van der Waals surface area contributed by atoms with Gasteiger partial charge in [0.2, 0.25) is 0 Å². The van der Waals surface area contributed by atoms with E-state index in [1.807, 2.05) is 33.8 Å². The molecule has 0 spiro atoms. The minimum absolute atomic E-state index is 0.0170. The number of hydrogen-bond acceptors (Lipinski definition) is 5. The molecule has 7 nitrogen and oxygen atoms in total. The van der Waals surface area contributed by atoms with Crippen molar-refractivity contribution in [2.75, 3.05) is 5.32 Å². The quantitative estimate of drug-likeness (QED) is 0.849. The van der Waals surface area contributed by atoms with Crippen molar-refractivity contribution in [3.05, 3.63) is 29.8 Å². The van der Waals surface area contributed by atoms with Crippen LogP contribution in [0.4, 0.5) is 5.82 Å². The number of aryl methyl sites for hydroxylation is 2. The van der Waals surface area contributed by atoms with Gasteiger partial charge in [-0.15, -0.1) is 0 Å². The normalized spacial score (nSPS) is 13.6. The maximum absolute atomic E-state index is 11.4. The zero-order valence-electron chi connectivity index (χ0n) is 13.2. The summed E-state index contributed by atoms with van der Waals surface area (Å²) in [6.07, 6.45) is 3.88. The van der Waals surface area contributed by atoms with Crippen LogP contribution in [0.25, 0.3) is 5.82 Å². The van der Waals surface area contributed by atoms with Crippen molar-refractivity contribution in [2.45, 2.75) is 40.2 Å². The Labute approximate surface area is 129 Å². The van der Waals surface area contributed by atoms with Crippen LogP contribution in [0.3, 0.4) is 0 Å². The molecule has 2 atom stereocenters. The van der Waals surface area contributed by atoms with Crippen LogP contribution < -0.4 is 5.32 Å². The average molecular weight is 303 g/mol. The Morgan fingerprint density at radius 3 is 2.68 bits per heavy atom. The molecule has 0 radical (unpaired) electrons. The summed E-state index contributed by atoms with van der Waals surface area (Å²) in [6, 6.07) is 1.25. The van der Waals surface area contributed by atoms with Gasteiger partial charge in [0.25, 0.3) is 0 Å². The minimum Gasteiger partial charge on any atom is -0.480 e. The van der Waals surface area contributed by atoms with Crippen molar-refractivity contribution in [2.24, 2.45) is 5.92 Å². The van der Waals surface area contributed by atoms with Gasteiger partial charge in [-0.1, -0.05) is 20.3 Å². The lowest BCUT2D eigenvalue weighted by molar-refractivity contribution is -0.139. The number of aliphatic carboxylic acids is 1. The topological polar surface area (TPSA) is 92.9 Å². The smallest absolute Gasteiger partial charge is 0.326 e. The van der Waals surface area contributed by atoms with Crippen LogP contribution in [0.1, 0.15) is 31.7 Å². The zero-order chi connectivity index (χ0) is 16.3. The fourth-order valence-corrected chi connectivity index (χ4v) is 2.23. The van der Waals surface area contributed by atoms with E-state index >= 15 is 0 Å². The van der Waals surface area contributed by atoms with E-state index in [0.717, 1.165) is 17.8 Å². The zero-order valence-corrected chi connectivity index (χ0v) is 13.2. The maximum Gasteiger partial charge on any atom is 0.326 e. The van der Waals surface area contributed by atoms with Crippen LogP contribution in [0.5, 0.6) is 0 Å². The van der Waals surface area contributed by atoms with Crippen LogP contribution in [-0.4, -0.2) is 36.9 Å². The first-order valence-electron chi connectivity index (χ1n) is 7.27. The molecule has 0 fully saturated rings. The summed E-state index contributed by atoms with van der Waals surface area (Å²) < 4.78 is 1.69. The number of carboxylic acids is 1. The van der Waals surface area contributed by atoms with Gasteiger partial charge in [0, 0.05) is 5.69 Å². The predicted molar refractivity (Wildman–Crippen MR) is 83.1 cm³/mol. The molecule has 0 aromatic carbocycles. The molecule has 2 rings (SSSR count). The Morgan fingerprint density at radius 1 is 1.41 bits per heavy atom. The molecule has 0 aliphatic rings. The van der Waals surface area contributed by atoms with Gasteiger partial charge in [-0.25, -0.2) is 14.5 Å². The van der Waals surface area contributed by atoms with Gasteiger partial charge < -0.3 is 10.4 Å². The summed E-state index contributed by atoms with van der Waals surface area (Å²) in [4.78, 5) is 19.9. The van der Waals surface area contributed by atoms with E-state index in [-0.39, 0.29) is 5.92 Å². The molecule has 22 heavy (non-hydrogen) atoms. The first kappa shape index (κ1) is 15.9. The first-order chi connectivity index (χ1) is 10.4. The highest BCUT2D eigenvalue weighted by Gasteiger charge is 2.23. The van der Waals surface area contributed by atoms with Crippen LogP contribution in [-0.2, 0) is 4.79 Å². The molecule has 7 heteroatoms. The van der Waals surface area contributed by atoms with Crippen molar-refractivity contribution in [3.63, 3.8) is 0 Å². The van der Waals surface area contributed by atoms with Crippen LogP contribution in [0.2, 0.25) is 0 Å². The van der Waals surface area contributed by atoms with Crippen LogP contribution in [0, 0.1) is 19.8 Å². The Kier molecular flexibility index (Phi) is 4.75. The molecule has 2 N–H and O–H groups in total. The number of nitrogens with one attached hydrogen (secondary N) is 1. The largest absolute Gasteiger partial charge is 0.480 e. The second-order valence-electron chi connectivity index (χ2n) is 5.45. The number of rotatable bonds is 6. The molecular weight excluding hydrogens is 282 g/mol.